The summed E-state index contributed by atoms with van der Waals surface area (Å²) in [7, 11) is 4.82. The molecular formula is C56H85FN6O16. The molecule has 2 unspecified atom stereocenters. The van der Waals surface area contributed by atoms with Gasteiger partial charge in [-0.1, -0.05) is 27.7 Å². The molecule has 442 valence electrons. The molecule has 5 fully saturated rings. The van der Waals surface area contributed by atoms with E-state index in [9.17, 15) is 39.6 Å². The van der Waals surface area contributed by atoms with Gasteiger partial charge < -0.3 is 74.3 Å². The van der Waals surface area contributed by atoms with Gasteiger partial charge in [0.1, 0.15) is 41.6 Å². The lowest BCUT2D eigenvalue weighted by molar-refractivity contribution is -0.319. The molecule has 1 aromatic carbocycles. The molecule has 4 aliphatic heterocycles. The van der Waals surface area contributed by atoms with Gasteiger partial charge in [0.25, 0.3) is 0 Å². The van der Waals surface area contributed by atoms with Crippen molar-refractivity contribution < 1.29 is 81.9 Å². The first-order valence-electron chi connectivity index (χ1n) is 27.6. The lowest BCUT2D eigenvalue weighted by Crippen LogP contribution is -2.61. The number of nitrogens with two attached hydrogens (primary N) is 1. The van der Waals surface area contributed by atoms with Gasteiger partial charge in [-0.25, -0.2) is 19.2 Å². The molecule has 21 atom stereocenters. The van der Waals surface area contributed by atoms with E-state index in [2.05, 4.69) is 15.3 Å². The number of nitrogens with one attached hydrogen (secondary N) is 1. The number of cyclic esters (lactones) is 2. The van der Waals surface area contributed by atoms with E-state index in [1.165, 1.54) is 57.5 Å². The van der Waals surface area contributed by atoms with Gasteiger partial charge in [-0.3, -0.25) is 19.3 Å². The number of aliphatic hydroxyl groups excluding tert-OH is 3. The largest absolute Gasteiger partial charge is 0.459 e. The summed E-state index contributed by atoms with van der Waals surface area (Å²) in [5.41, 5.74) is 1.99. The van der Waals surface area contributed by atoms with Crippen molar-refractivity contribution >= 4 is 35.4 Å². The third-order valence-electron chi connectivity index (χ3n) is 17.6. The van der Waals surface area contributed by atoms with Gasteiger partial charge in [0.05, 0.1) is 66.4 Å². The standard InChI is InChI=1S/C56H85FN6O16/c1-14-41-56(10,71)46(66)29(4)43(64)27(2)20-55(9,73-13)48(30(5)45(31(6)50(69)77-41)78-42-21-54(8,72-12)47(67)32(7)75-42)79-51-44(65)40(17-28(3)74-51)62(11)25-33-18-38(33)49(68)59-24-36-26-63(53(70)76-36)35-15-16-37(39(57)19-35)34-22-60-52(58)61-23-34/h15-16,19,22-23,27-33,36,38,40-42,44-48,51,65-67,71H,14,17-18,20-21,24-26H2,1-13H3,(H,59,68)(H2,58,60,61)/t27-,28-,29+,30+,31-,32+,33?,36+,38?,40+,41-,42+,44-,45+,46-,47+,48-,51+,54-,55-,56-/m1/s1. The maximum absolute atomic E-state index is 15.2. The Morgan fingerprint density at radius 2 is 1.59 bits per heavy atom. The fourth-order valence-corrected chi connectivity index (χ4v) is 12.4. The van der Waals surface area contributed by atoms with E-state index in [0.717, 1.165) is 0 Å². The number of rotatable bonds is 15. The van der Waals surface area contributed by atoms with Crippen LogP contribution in [0.5, 0.6) is 0 Å². The van der Waals surface area contributed by atoms with Crippen LogP contribution in [0.1, 0.15) is 101 Å². The number of nitrogen functional groups attached to an aromatic ring is 1. The number of benzene rings is 1. The normalized spacial score (nSPS) is 40.6. The molecule has 22 nitrogen and oxygen atoms in total. The maximum atomic E-state index is 15.2. The van der Waals surface area contributed by atoms with Gasteiger partial charge in [-0.05, 0) is 98.4 Å². The quantitative estimate of drug-likeness (QED) is 0.138. The molecule has 4 saturated heterocycles. The predicted octanol–water partition coefficient (Wildman–Crippen LogP) is 3.77. The highest BCUT2D eigenvalue weighted by atomic mass is 19.1. The van der Waals surface area contributed by atoms with Crippen molar-refractivity contribution in [2.45, 2.75) is 192 Å². The number of carbonyl (C=O) groups is 4. The molecule has 0 spiro atoms. The number of hydrogen-bond acceptors (Lipinski definition) is 20. The van der Waals surface area contributed by atoms with Gasteiger partial charge in [0, 0.05) is 80.4 Å². The van der Waals surface area contributed by atoms with Crippen molar-refractivity contribution in [1.82, 2.24) is 20.2 Å². The zero-order valence-corrected chi connectivity index (χ0v) is 47.9. The van der Waals surface area contributed by atoms with E-state index in [1.54, 1.807) is 54.5 Å². The monoisotopic (exact) mass is 1120 g/mol. The van der Waals surface area contributed by atoms with E-state index >= 15 is 4.39 Å². The molecule has 1 saturated carbocycles. The number of aromatic nitrogens is 2. The Labute approximate surface area is 462 Å². The Kier molecular flexibility index (Phi) is 19.6. The highest BCUT2D eigenvalue weighted by Crippen LogP contribution is 2.44. The Morgan fingerprint density at radius 3 is 2.23 bits per heavy atom. The first-order valence-corrected chi connectivity index (χ1v) is 27.6. The summed E-state index contributed by atoms with van der Waals surface area (Å²) in [5, 5.41) is 49.8. The third-order valence-corrected chi connectivity index (χ3v) is 17.6. The molecule has 2 amide bonds. The fraction of sp³-hybridized carbons (Fsp3) is 0.750. The molecule has 1 aromatic heterocycles. The minimum Gasteiger partial charge on any atom is -0.459 e. The van der Waals surface area contributed by atoms with Crippen LogP contribution < -0.4 is 16.0 Å². The number of nitrogens with zero attached hydrogens (tertiary/aromatic N) is 4. The predicted molar refractivity (Wildman–Crippen MR) is 284 cm³/mol. The number of halogens is 1. The summed E-state index contributed by atoms with van der Waals surface area (Å²) in [6.07, 6.45) is -8.24. The number of carbonyl (C=O) groups excluding carboxylic acids is 4. The van der Waals surface area contributed by atoms with Crippen LogP contribution in [0.25, 0.3) is 11.1 Å². The van der Waals surface area contributed by atoms with E-state index in [1.807, 2.05) is 18.9 Å². The van der Waals surface area contributed by atoms with Crippen LogP contribution in [-0.4, -0.2) is 190 Å². The summed E-state index contributed by atoms with van der Waals surface area (Å²) in [6, 6.07) is 3.80. The van der Waals surface area contributed by atoms with Gasteiger partial charge in [-0.15, -0.1) is 0 Å². The number of likely N-dealkylation sites (N-methyl/N-ethyl adjacent to an activating group) is 1. The van der Waals surface area contributed by atoms with Gasteiger partial charge >= 0.3 is 12.1 Å². The Morgan fingerprint density at radius 1 is 0.924 bits per heavy atom. The van der Waals surface area contributed by atoms with Gasteiger partial charge in [-0.2, -0.15) is 0 Å². The maximum Gasteiger partial charge on any atom is 0.414 e. The summed E-state index contributed by atoms with van der Waals surface area (Å²) >= 11 is 0. The van der Waals surface area contributed by atoms with Crippen molar-refractivity contribution in [3.8, 4) is 11.1 Å². The SMILES string of the molecule is CC[C@H]1OC(=O)[C@H](C)[C@@H](O[C@H]2C[C@@](C)(OC)[C@@H](O)[C@H](C)O2)[C@H](C)[C@@H](O[C@@H]2O[C@H](C)C[C@H](N(C)CC3CC3C(=O)NC[C@H]3CN(c4ccc(-c5cnc(N)nc5)c(F)c4)C(=O)O3)[C@H]2O)[C@](C)(OC)C[C@@H](C)C(=O)[C@H](C)[C@@H](O)[C@]1(C)O. The van der Waals surface area contributed by atoms with Crippen molar-refractivity contribution in [3.63, 3.8) is 0 Å². The minimum atomic E-state index is -2.03. The van der Waals surface area contributed by atoms with E-state index in [4.69, 9.17) is 43.6 Å². The first-order chi connectivity index (χ1) is 37.1. The van der Waals surface area contributed by atoms with Crippen LogP contribution in [0, 0.1) is 41.3 Å². The number of esters is 1. The number of anilines is 2. The summed E-state index contributed by atoms with van der Waals surface area (Å²) in [4.78, 5) is 66.4. The zero-order valence-electron chi connectivity index (χ0n) is 47.9. The van der Waals surface area contributed by atoms with Crippen molar-refractivity contribution in [2.75, 3.05) is 51.5 Å². The van der Waals surface area contributed by atoms with E-state index in [-0.39, 0.29) is 73.1 Å². The molecule has 23 heteroatoms. The van der Waals surface area contributed by atoms with E-state index in [0.29, 0.717) is 24.9 Å². The number of ketones is 1. The average Bonchev–Trinajstić information content (AvgIpc) is 4.10. The Bertz CT molecular complexity index is 2460. The zero-order chi connectivity index (χ0) is 58.2. The highest BCUT2D eigenvalue weighted by molar-refractivity contribution is 5.90. The van der Waals surface area contributed by atoms with Gasteiger partial charge in [0.15, 0.2) is 12.6 Å². The second-order valence-electron chi connectivity index (χ2n) is 23.6. The molecule has 7 N–H and O–H groups in total. The summed E-state index contributed by atoms with van der Waals surface area (Å²) in [5.74, 6) is -6.13. The number of hydrogen-bond donors (Lipinski definition) is 6. The second-order valence-corrected chi connectivity index (χ2v) is 23.6. The first kappa shape index (κ1) is 62.1. The molecule has 0 radical (unpaired) electrons. The smallest absolute Gasteiger partial charge is 0.414 e. The number of ether oxygens (including phenoxy) is 8. The molecule has 7 rings (SSSR count). The number of aliphatic hydroxyl groups is 4. The average molecular weight is 1120 g/mol. The van der Waals surface area contributed by atoms with E-state index < -0.39 is 132 Å². The van der Waals surface area contributed by atoms with Crippen molar-refractivity contribution in [3.05, 3.63) is 36.4 Å². The third kappa shape index (κ3) is 13.4. The minimum absolute atomic E-state index is 0.0226. The van der Waals surface area contributed by atoms with Crippen LogP contribution in [0.15, 0.2) is 30.6 Å². The van der Waals surface area contributed by atoms with Crippen LogP contribution in [0.4, 0.5) is 20.8 Å². The Hall–Kier alpha value is -4.53. The summed E-state index contributed by atoms with van der Waals surface area (Å²) < 4.78 is 65.5. The second kappa shape index (κ2) is 24.9. The number of methoxy groups -OCH3 is 2. The molecule has 5 heterocycles. The lowest BCUT2D eigenvalue weighted by atomic mass is 9.74. The Balaban J connectivity index is 1.06. The topological polar surface area (TPSA) is 293 Å². The van der Waals surface area contributed by atoms with Crippen LogP contribution >= 0.6 is 0 Å². The fourth-order valence-electron chi connectivity index (χ4n) is 12.4. The molecule has 79 heavy (non-hydrogen) atoms. The van der Waals surface area contributed by atoms with Crippen molar-refractivity contribution in [2.24, 2.45) is 35.5 Å². The lowest BCUT2D eigenvalue weighted by Gasteiger charge is -2.50. The van der Waals surface area contributed by atoms with Gasteiger partial charge in [0.2, 0.25) is 11.9 Å². The highest BCUT2D eigenvalue weighted by Gasteiger charge is 2.55. The van der Waals surface area contributed by atoms with Crippen LogP contribution in [-0.2, 0) is 52.3 Å². The molecular weight excluding hydrogens is 1030 g/mol. The molecule has 0 bridgehead atoms. The number of amides is 2. The number of Topliss-reactive ketones (excluding diaryl/α,β-unsaturated/α-hetero) is 1. The van der Waals surface area contributed by atoms with Crippen LogP contribution in [0.3, 0.4) is 0 Å². The molecule has 2 aromatic rings. The molecule has 5 aliphatic rings. The molecule has 1 aliphatic carbocycles. The summed E-state index contributed by atoms with van der Waals surface area (Å²) in [6.45, 7) is 17.3. The van der Waals surface area contributed by atoms with Crippen LogP contribution in [0.2, 0.25) is 0 Å². The van der Waals surface area contributed by atoms with Crippen molar-refractivity contribution in [1.29, 1.82) is 0 Å².